The van der Waals surface area contributed by atoms with E-state index in [9.17, 15) is 4.79 Å². The number of oxazole rings is 2. The molecule has 0 bridgehead atoms. The highest BCUT2D eigenvalue weighted by atomic mass is 28.4. The zero-order valence-corrected chi connectivity index (χ0v) is 80.2. The van der Waals surface area contributed by atoms with Gasteiger partial charge in [0.05, 0.1) is 72.9 Å². The Balaban J connectivity index is 0.905. The number of carbonyl (C=O) groups is 1. The molecule has 6 heterocycles. The fourth-order valence-corrected chi connectivity index (χ4v) is 37.8. The Bertz CT molecular complexity index is 4110. The quantitative estimate of drug-likeness (QED) is 0.0206. The molecule has 4 aliphatic rings. The molecule has 0 saturated carbocycles. The Morgan fingerprint density at radius 3 is 1.74 bits per heavy atom. The van der Waals surface area contributed by atoms with E-state index in [1.807, 2.05) is 45.9 Å². The molecule has 0 radical (unpaired) electrons. The molecule has 0 spiro atoms. The summed E-state index contributed by atoms with van der Waals surface area (Å²) in [4.78, 5) is 23.7. The van der Waals surface area contributed by atoms with Crippen molar-refractivity contribution in [1.82, 2.24) is 9.97 Å². The van der Waals surface area contributed by atoms with Crippen LogP contribution in [0.2, 0.25) is 44.8 Å². The fraction of sp³-hybridized carbons (Fsp3) is 0.602. The van der Waals surface area contributed by atoms with Gasteiger partial charge >= 0.3 is 5.97 Å². The van der Waals surface area contributed by atoms with Crippen molar-refractivity contribution in [2.24, 2.45) is 17.3 Å². The van der Waals surface area contributed by atoms with E-state index < -0.39 is 62.8 Å². The third kappa shape index (κ3) is 22.0. The normalized spacial score (nSPS) is 25.5. The molecule has 0 N–H and O–H groups in total. The van der Waals surface area contributed by atoms with E-state index in [1.54, 1.807) is 26.7 Å². The number of esters is 1. The summed E-state index contributed by atoms with van der Waals surface area (Å²) in [6, 6.07) is 46.2. The van der Waals surface area contributed by atoms with Gasteiger partial charge in [0, 0.05) is 58.3 Å². The fourth-order valence-electron chi connectivity index (χ4n) is 20.0. The predicted octanol–water partition coefficient (Wildman–Crippen LogP) is 21.4. The van der Waals surface area contributed by atoms with Crippen LogP contribution in [0, 0.1) is 17.3 Å². The minimum absolute atomic E-state index is 0.0144. The number of carbonyl (C=O) groups excluding carboxylic acids is 1. The lowest BCUT2D eigenvalue weighted by Gasteiger charge is -2.49. The lowest BCUT2D eigenvalue weighted by molar-refractivity contribution is -0.297. The third-order valence-corrected chi connectivity index (χ3v) is 47.2. The van der Waals surface area contributed by atoms with Gasteiger partial charge in [-0.05, 0) is 156 Å². The number of hydrogen-bond acceptors (Lipinski definition) is 16. The van der Waals surface area contributed by atoms with Crippen LogP contribution in [0.15, 0.2) is 178 Å². The zero-order valence-electron chi connectivity index (χ0n) is 76.2. The summed E-state index contributed by atoms with van der Waals surface area (Å²) in [7, 11) is -6.99. The van der Waals surface area contributed by atoms with Gasteiger partial charge in [-0.3, -0.25) is 4.79 Å². The number of rotatable bonds is 36. The van der Waals surface area contributed by atoms with E-state index in [1.165, 1.54) is 15.9 Å². The monoisotopic (exact) mass is 1690 g/mol. The molecule has 20 heteroatoms. The number of hydrogen-bond donors (Lipinski definition) is 0. The van der Waals surface area contributed by atoms with E-state index in [0.29, 0.717) is 79.2 Å². The first-order chi connectivity index (χ1) is 55.9. The zero-order chi connectivity index (χ0) is 85.8. The molecule has 6 aromatic rings. The second kappa shape index (κ2) is 40.7. The van der Waals surface area contributed by atoms with Crippen molar-refractivity contribution in [2.45, 2.75) is 334 Å². The van der Waals surface area contributed by atoms with E-state index in [4.69, 9.17) is 69.7 Å². The summed E-state index contributed by atoms with van der Waals surface area (Å²) in [5, 5.41) is 4.14. The molecule has 2 aromatic heterocycles. The second-order valence-corrected chi connectivity index (χ2v) is 57.3. The van der Waals surface area contributed by atoms with Crippen molar-refractivity contribution < 1.29 is 64.5 Å². The maximum absolute atomic E-state index is 13.3. The highest BCUT2D eigenvalue weighted by molar-refractivity contribution is 7.00. The first-order valence-corrected chi connectivity index (χ1v) is 52.8. The Labute approximate surface area is 713 Å². The maximum atomic E-state index is 13.3. The van der Waals surface area contributed by atoms with Gasteiger partial charge in [0.2, 0.25) is 5.89 Å². The number of methoxy groups -OCH3 is 2. The van der Waals surface area contributed by atoms with Gasteiger partial charge in [-0.15, -0.1) is 0 Å². The van der Waals surface area contributed by atoms with E-state index in [2.05, 4.69) is 259 Å². The Kier molecular flexibility index (Phi) is 32.6. The molecule has 118 heavy (non-hydrogen) atoms. The molecule has 4 aromatic carbocycles. The van der Waals surface area contributed by atoms with Crippen molar-refractivity contribution in [1.29, 1.82) is 0 Å². The smallest absolute Gasteiger partial charge is 0.311 e. The molecule has 10 rings (SSSR count). The number of ether oxygens (including phenoxy) is 7. The van der Waals surface area contributed by atoms with Gasteiger partial charge in [0.15, 0.2) is 28.3 Å². The second-order valence-electron chi connectivity index (χ2n) is 38.6. The van der Waals surface area contributed by atoms with Crippen LogP contribution < -0.4 is 20.7 Å². The largest absolute Gasteiger partial charge is 0.461 e. The topological polar surface area (TPSA) is 171 Å². The number of nitrogens with zero attached hydrogens (tertiary/aromatic N) is 2. The highest BCUT2D eigenvalue weighted by Crippen LogP contribution is 2.48. The van der Waals surface area contributed by atoms with Crippen molar-refractivity contribution in [3.05, 3.63) is 192 Å². The average Bonchev–Trinajstić information content (AvgIpc) is 0.801. The van der Waals surface area contributed by atoms with Gasteiger partial charge in [-0.2, -0.15) is 0 Å². The van der Waals surface area contributed by atoms with Crippen molar-refractivity contribution in [3.63, 3.8) is 0 Å². The first kappa shape index (κ1) is 94.4. The first-order valence-electron chi connectivity index (χ1n) is 44.3. The minimum atomic E-state index is -3.22. The molecule has 4 fully saturated rings. The van der Waals surface area contributed by atoms with Crippen LogP contribution in [-0.2, 0) is 62.1 Å². The molecule has 4 aliphatic heterocycles. The summed E-state index contributed by atoms with van der Waals surface area (Å²) in [6.07, 6.45) is 15.0. The summed E-state index contributed by atoms with van der Waals surface area (Å²) < 4.78 is 91.7. The van der Waals surface area contributed by atoms with Gasteiger partial charge in [-0.25, -0.2) is 9.97 Å². The van der Waals surface area contributed by atoms with E-state index in [-0.39, 0.29) is 89.7 Å². The van der Waals surface area contributed by atoms with Gasteiger partial charge in [0.1, 0.15) is 36.6 Å². The summed E-state index contributed by atoms with van der Waals surface area (Å²) in [5.74, 6) is -0.502. The highest BCUT2D eigenvalue weighted by Gasteiger charge is 2.57. The molecule has 0 amide bonds. The molecular weight excluding hydrogens is 1540 g/mol. The SMILES string of the molecule is C=C1C[C@H](C[C@@H]2C[C@@H](O[Si](c3ccccc3)(c3ccccc3)C(C)(C)C)C[C@H](c3coc(/C=C/C[C@H]4O[C@@H](/C(C)=C/c5coc(C[C@]6(OC)C[C@H](OC)C[C@H]([C@@H](/C=C(\C)COC(=O)C(C)(C)C)O[Si](c7ccccc7)(c7ccccc7)C(C)(C)C)O6)n5)[C@H](C)[C@@H](O[Si](CC)(CC)CC)[C@H]4C)n3)O2)O[C@@H](CCO[Si](C(C)C)(C(C)C)C(C)C)C1. The molecular formula is C98H146N2O14Si4. The van der Waals surface area contributed by atoms with Crippen molar-refractivity contribution in [2.75, 3.05) is 27.4 Å². The Hall–Kier alpha value is -5.80. The Morgan fingerprint density at radius 1 is 0.653 bits per heavy atom. The van der Waals surface area contributed by atoms with Crippen LogP contribution in [-0.4, -0.2) is 143 Å². The maximum Gasteiger partial charge on any atom is 0.311 e. The van der Waals surface area contributed by atoms with E-state index in [0.717, 1.165) is 64.6 Å². The number of benzene rings is 4. The van der Waals surface area contributed by atoms with Crippen molar-refractivity contribution >= 4 is 72.1 Å². The number of aromatic nitrogens is 2. The molecule has 0 aliphatic carbocycles. The van der Waals surface area contributed by atoms with Crippen LogP contribution in [0.4, 0.5) is 0 Å². The Morgan fingerprint density at radius 2 is 1.21 bits per heavy atom. The lowest BCUT2D eigenvalue weighted by Crippen LogP contribution is -2.69. The molecule has 648 valence electrons. The summed E-state index contributed by atoms with van der Waals surface area (Å²) >= 11 is 0. The molecule has 16 nitrogen and oxygen atoms in total. The van der Waals surface area contributed by atoms with Gasteiger partial charge in [-0.1, -0.05) is 263 Å². The minimum Gasteiger partial charge on any atom is -0.461 e. The van der Waals surface area contributed by atoms with E-state index >= 15 is 0 Å². The summed E-state index contributed by atoms with van der Waals surface area (Å²) in [6.45, 7) is 54.6. The van der Waals surface area contributed by atoms with Crippen LogP contribution in [0.1, 0.15) is 239 Å². The van der Waals surface area contributed by atoms with Gasteiger partial charge < -0.3 is 59.7 Å². The van der Waals surface area contributed by atoms with Crippen LogP contribution in [0.25, 0.3) is 12.2 Å². The average molecular weight is 1690 g/mol. The molecule has 14 atom stereocenters. The van der Waals surface area contributed by atoms with Crippen LogP contribution >= 0.6 is 0 Å². The molecule has 0 unspecified atom stereocenters. The lowest BCUT2D eigenvalue weighted by atomic mass is 9.79. The standard InChI is InChI=1S/C98H146N2O14Si4/c1-26-115(27-2,28-3)114-93-73(13)86(50-41-51-90-100-85(66-105-90)87-60-79(112-117(96(18,19)20,81-42-33-29-34-43-81)82-44-35-30-36-45-82)59-78(109-87)58-77-55-70(10)54-76(108-77)52-53-107-116(67(4)5,68(6)7)69(8)9)110-92(74(93)14)72(12)57-75-65-104-91(99-75)63-98(103-25)62-80(102-24)61-88(111-98)89(56-71(11)64-106-94(101)95(15,16)17)113-118(97(21,22)23,83-46-37-31-38-47-83)84-48-39-32-40-49-84/h29-49,51,56-57,65-69,73-74,76-80,86-89,92-93H,10,26-28,50,52-55,58-64H2,1-9,11-25H3/b51-41+,71-56+,72-57+/t73-,74-,76-,77+,78+,79+,80+,86+,87+,88+,89+,92-,93-,98-/m0/s1. The summed E-state index contributed by atoms with van der Waals surface area (Å²) in [5.41, 5.74) is 5.31. The van der Waals surface area contributed by atoms with Crippen LogP contribution in [0.3, 0.4) is 0 Å². The third-order valence-electron chi connectivity index (χ3n) is 26.3. The van der Waals surface area contributed by atoms with Crippen molar-refractivity contribution in [3.8, 4) is 0 Å². The predicted molar refractivity (Wildman–Crippen MR) is 487 cm³/mol. The van der Waals surface area contributed by atoms with Crippen LogP contribution in [0.5, 0.6) is 0 Å². The molecule has 4 saturated heterocycles. The van der Waals surface area contributed by atoms with Gasteiger partial charge in [0.25, 0.3) is 16.6 Å².